The number of imidazole rings is 1. The average Bonchev–Trinajstić information content (AvgIpc) is 2.78. The maximum Gasteiger partial charge on any atom is 0.164 e. The summed E-state index contributed by atoms with van der Waals surface area (Å²) in [6.07, 6.45) is 1.66. The molecule has 0 spiro atoms. The van der Waals surface area contributed by atoms with E-state index in [0.717, 1.165) is 4.47 Å². The van der Waals surface area contributed by atoms with Crippen molar-refractivity contribution in [2.45, 2.75) is 12.3 Å². The summed E-state index contributed by atoms with van der Waals surface area (Å²) >= 11 is 9.53. The van der Waals surface area contributed by atoms with Gasteiger partial charge in [0, 0.05) is 10.7 Å². The molecule has 1 unspecified atom stereocenters. The van der Waals surface area contributed by atoms with Crippen molar-refractivity contribution < 1.29 is 4.39 Å². The molecule has 2 aromatic heterocycles. The molecule has 0 aliphatic rings. The van der Waals surface area contributed by atoms with E-state index < -0.39 is 0 Å². The molecular weight excluding hydrogens is 345 g/mol. The molecule has 0 saturated carbocycles. The topological polar surface area (TPSA) is 30.7 Å². The number of alkyl halides is 1. The number of halogens is 3. The Morgan fingerprint density at radius 1 is 1.35 bits per heavy atom. The van der Waals surface area contributed by atoms with Gasteiger partial charge in [-0.2, -0.15) is 0 Å². The molecule has 0 fully saturated rings. The molecule has 3 rings (SSSR count). The van der Waals surface area contributed by atoms with Crippen LogP contribution in [0.5, 0.6) is 0 Å². The Kier molecular flexibility index (Phi) is 3.48. The normalized spacial score (nSPS) is 12.8. The fraction of sp³-hybridized carbons (Fsp3) is 0.143. The van der Waals surface area contributed by atoms with Crippen molar-refractivity contribution in [2.75, 3.05) is 0 Å². The third kappa shape index (κ3) is 2.21. The Morgan fingerprint density at radius 2 is 2.10 bits per heavy atom. The van der Waals surface area contributed by atoms with Crippen molar-refractivity contribution in [3.63, 3.8) is 0 Å². The zero-order valence-electron chi connectivity index (χ0n) is 10.5. The van der Waals surface area contributed by atoms with E-state index in [-0.39, 0.29) is 11.2 Å². The number of hydrogen-bond acceptors (Lipinski definition) is 2. The van der Waals surface area contributed by atoms with E-state index in [1.54, 1.807) is 35.9 Å². The largest absolute Gasteiger partial charge is 0.276 e. The Balaban J connectivity index is 2.38. The molecule has 0 N–H and O–H groups in total. The Labute approximate surface area is 128 Å². The lowest BCUT2D eigenvalue weighted by Crippen LogP contribution is -2.04. The van der Waals surface area contributed by atoms with Crippen LogP contribution in [0.15, 0.2) is 41.0 Å². The first-order valence-corrected chi connectivity index (χ1v) is 7.23. The highest BCUT2D eigenvalue weighted by Gasteiger charge is 2.19. The van der Waals surface area contributed by atoms with Gasteiger partial charge in [-0.25, -0.2) is 14.4 Å². The van der Waals surface area contributed by atoms with Crippen LogP contribution in [0, 0.1) is 5.82 Å². The van der Waals surface area contributed by atoms with Crippen molar-refractivity contribution in [3.8, 4) is 5.69 Å². The molecule has 0 amide bonds. The number of para-hydroxylation sites is 1. The van der Waals surface area contributed by atoms with Crippen molar-refractivity contribution in [1.29, 1.82) is 0 Å². The molecule has 0 bridgehead atoms. The number of benzene rings is 1. The average molecular weight is 355 g/mol. The van der Waals surface area contributed by atoms with Gasteiger partial charge in [-0.15, -0.1) is 11.6 Å². The van der Waals surface area contributed by atoms with Crippen molar-refractivity contribution >= 4 is 38.7 Å². The van der Waals surface area contributed by atoms with Gasteiger partial charge in [0.05, 0.1) is 11.1 Å². The lowest BCUT2D eigenvalue weighted by molar-refractivity contribution is 0.616. The number of aromatic nitrogens is 3. The van der Waals surface area contributed by atoms with Gasteiger partial charge < -0.3 is 0 Å². The molecule has 3 nitrogen and oxygen atoms in total. The molecule has 0 aliphatic heterocycles. The summed E-state index contributed by atoms with van der Waals surface area (Å²) in [4.78, 5) is 8.79. The minimum atomic E-state index is -0.359. The third-order valence-corrected chi connectivity index (χ3v) is 3.57. The molecule has 6 heteroatoms. The Hall–Kier alpha value is -1.46. The van der Waals surface area contributed by atoms with Gasteiger partial charge >= 0.3 is 0 Å². The van der Waals surface area contributed by atoms with Gasteiger partial charge in [0.25, 0.3) is 0 Å². The monoisotopic (exact) mass is 353 g/mol. The van der Waals surface area contributed by atoms with E-state index in [1.807, 2.05) is 6.07 Å². The molecule has 0 saturated heterocycles. The predicted octanol–water partition coefficient (Wildman–Crippen LogP) is 4.62. The number of pyridine rings is 1. The molecule has 2 heterocycles. The van der Waals surface area contributed by atoms with E-state index in [2.05, 4.69) is 25.9 Å². The highest BCUT2D eigenvalue weighted by molar-refractivity contribution is 9.10. The summed E-state index contributed by atoms with van der Waals surface area (Å²) < 4.78 is 16.6. The highest BCUT2D eigenvalue weighted by atomic mass is 79.9. The van der Waals surface area contributed by atoms with Crippen LogP contribution in [-0.2, 0) is 0 Å². The van der Waals surface area contributed by atoms with E-state index >= 15 is 0 Å². The fourth-order valence-corrected chi connectivity index (χ4v) is 2.56. The van der Waals surface area contributed by atoms with Crippen LogP contribution in [0.2, 0.25) is 0 Å². The second-order valence-electron chi connectivity index (χ2n) is 4.37. The van der Waals surface area contributed by atoms with Crippen molar-refractivity contribution in [3.05, 3.63) is 52.6 Å². The van der Waals surface area contributed by atoms with Crippen LogP contribution in [0.3, 0.4) is 0 Å². The van der Waals surface area contributed by atoms with Gasteiger partial charge in [0.2, 0.25) is 0 Å². The van der Waals surface area contributed by atoms with Crippen molar-refractivity contribution in [1.82, 2.24) is 14.5 Å². The number of nitrogens with zero attached hydrogens (tertiary/aromatic N) is 3. The smallest absolute Gasteiger partial charge is 0.164 e. The second-order valence-corrected chi connectivity index (χ2v) is 5.94. The summed E-state index contributed by atoms with van der Waals surface area (Å²) in [6, 6.07) is 8.34. The zero-order valence-corrected chi connectivity index (χ0v) is 12.9. The minimum absolute atomic E-state index is 0.338. The Bertz CT molecular complexity index is 785. The van der Waals surface area contributed by atoms with E-state index in [1.165, 1.54) is 6.07 Å². The van der Waals surface area contributed by atoms with Crippen LogP contribution in [0.4, 0.5) is 4.39 Å². The van der Waals surface area contributed by atoms with Crippen LogP contribution in [0.1, 0.15) is 18.1 Å². The van der Waals surface area contributed by atoms with Gasteiger partial charge in [0.1, 0.15) is 17.2 Å². The van der Waals surface area contributed by atoms with Crippen LogP contribution >= 0.6 is 27.5 Å². The molecule has 20 heavy (non-hydrogen) atoms. The molecule has 0 radical (unpaired) electrons. The van der Waals surface area contributed by atoms with Crippen LogP contribution in [-0.4, -0.2) is 14.5 Å². The second kappa shape index (κ2) is 5.14. The quantitative estimate of drug-likeness (QED) is 0.629. The van der Waals surface area contributed by atoms with Gasteiger partial charge in [0.15, 0.2) is 5.65 Å². The molecule has 102 valence electrons. The van der Waals surface area contributed by atoms with Crippen molar-refractivity contribution in [2.24, 2.45) is 0 Å². The van der Waals surface area contributed by atoms with Crippen LogP contribution in [0.25, 0.3) is 16.9 Å². The first-order valence-electron chi connectivity index (χ1n) is 6.01. The Morgan fingerprint density at radius 3 is 2.80 bits per heavy atom. The van der Waals surface area contributed by atoms with E-state index in [4.69, 9.17) is 11.6 Å². The molecule has 0 aliphatic carbocycles. The molecule has 1 atom stereocenters. The highest BCUT2D eigenvalue weighted by Crippen LogP contribution is 2.29. The summed E-state index contributed by atoms with van der Waals surface area (Å²) in [5.74, 6) is 0.229. The SMILES string of the molecule is CC(Cl)c1nc2cc(Br)cnc2n1-c1ccccc1F. The van der Waals surface area contributed by atoms with Gasteiger partial charge in [-0.05, 0) is 41.1 Å². The number of hydrogen-bond donors (Lipinski definition) is 0. The van der Waals surface area contributed by atoms with Gasteiger partial charge in [-0.3, -0.25) is 4.57 Å². The summed E-state index contributed by atoms with van der Waals surface area (Å²) in [5.41, 5.74) is 1.65. The number of fused-ring (bicyclic) bond motifs is 1. The first-order chi connectivity index (χ1) is 9.58. The maximum atomic E-state index is 14.1. The number of rotatable bonds is 2. The third-order valence-electron chi connectivity index (χ3n) is 2.94. The first kappa shape index (κ1) is 13.5. The molecule has 3 aromatic rings. The van der Waals surface area contributed by atoms with E-state index in [0.29, 0.717) is 22.7 Å². The van der Waals surface area contributed by atoms with E-state index in [9.17, 15) is 4.39 Å². The summed E-state index contributed by atoms with van der Waals surface area (Å²) in [7, 11) is 0. The minimum Gasteiger partial charge on any atom is -0.276 e. The lowest BCUT2D eigenvalue weighted by Gasteiger charge is -2.10. The standard InChI is InChI=1S/C14H10BrClFN3/c1-8(16)13-19-11-6-9(15)7-18-14(11)20(13)12-5-3-2-4-10(12)17/h2-8H,1H3. The summed E-state index contributed by atoms with van der Waals surface area (Å²) in [6.45, 7) is 1.80. The lowest BCUT2D eigenvalue weighted by atomic mass is 10.3. The molecule has 1 aromatic carbocycles. The van der Waals surface area contributed by atoms with Crippen LogP contribution < -0.4 is 0 Å². The maximum absolute atomic E-state index is 14.1. The predicted molar refractivity (Wildman–Crippen MR) is 80.8 cm³/mol. The fourth-order valence-electron chi connectivity index (χ4n) is 2.10. The summed E-state index contributed by atoms with van der Waals surface area (Å²) in [5, 5.41) is -0.359. The molecular formula is C14H10BrClFN3. The van der Waals surface area contributed by atoms with Gasteiger partial charge in [-0.1, -0.05) is 12.1 Å². The zero-order chi connectivity index (χ0) is 14.3.